The van der Waals surface area contributed by atoms with Crippen LogP contribution < -0.4 is 14.2 Å². The predicted octanol–water partition coefficient (Wildman–Crippen LogP) is 18.1. The van der Waals surface area contributed by atoms with Crippen molar-refractivity contribution >= 4 is 35.6 Å². The summed E-state index contributed by atoms with van der Waals surface area (Å²) in [5.74, 6) is 0.815. The van der Waals surface area contributed by atoms with Crippen LogP contribution in [-0.4, -0.2) is 105 Å². The molecule has 0 spiro atoms. The number of amides is 3. The molecule has 534 valence electrons. The summed E-state index contributed by atoms with van der Waals surface area (Å²) >= 11 is 0. The highest BCUT2D eigenvalue weighted by atomic mass is 16.5. The van der Waals surface area contributed by atoms with Crippen molar-refractivity contribution in [2.75, 3.05) is 39.4 Å². The number of carboxylic acids is 3. The van der Waals surface area contributed by atoms with Crippen molar-refractivity contribution in [3.05, 3.63) is 234 Å². The lowest BCUT2D eigenvalue weighted by Gasteiger charge is -2.24. The molecule has 18 heteroatoms. The Hall–Kier alpha value is -10.6. The summed E-state index contributed by atoms with van der Waals surface area (Å²) in [6, 6.07) is 54.2. The molecule has 6 aromatic carbocycles. The van der Waals surface area contributed by atoms with Crippen molar-refractivity contribution < 1.29 is 78.4 Å². The minimum Gasteiger partial charge on any atom is -0.493 e. The molecule has 102 heavy (non-hydrogen) atoms. The number of nitrogens with zero attached hydrogens (tertiary/aromatic N) is 3. The average Bonchev–Trinajstić information content (AvgIpc) is 1.77. The molecule has 1 atom stereocenters. The number of rotatable bonds is 39. The Labute approximate surface area is 603 Å². The number of aliphatic carboxylic acids is 3. The van der Waals surface area contributed by atoms with Gasteiger partial charge >= 0.3 is 17.9 Å². The van der Waals surface area contributed by atoms with Gasteiger partial charge in [-0.15, -0.1) is 0 Å². The highest BCUT2D eigenvalue weighted by Gasteiger charge is 2.31. The maximum atomic E-state index is 13.6. The van der Waals surface area contributed by atoms with Gasteiger partial charge in [0.15, 0.2) is 0 Å². The van der Waals surface area contributed by atoms with Gasteiger partial charge in [-0.3, -0.25) is 28.8 Å². The highest BCUT2D eigenvalue weighted by Crippen LogP contribution is 2.36. The number of benzene rings is 6. The molecule has 3 aliphatic rings. The van der Waals surface area contributed by atoms with E-state index in [4.69, 9.17) is 49.6 Å². The van der Waals surface area contributed by atoms with Crippen LogP contribution in [0, 0.1) is 17.8 Å². The van der Waals surface area contributed by atoms with Gasteiger partial charge in [0, 0.05) is 113 Å². The molecule has 3 amide bonds. The van der Waals surface area contributed by atoms with E-state index in [0.717, 1.165) is 97.8 Å². The first-order chi connectivity index (χ1) is 51.7. The molecule has 3 N–H and O–H groups in total. The third-order valence-electron chi connectivity index (χ3n) is 17.3. The zero-order valence-corrected chi connectivity index (χ0v) is 57.4. The zero-order chi connectivity index (χ0) is 75.7. The Balaban J connectivity index is 0.000000172. The van der Waals surface area contributed by atoms with E-state index in [-0.39, 0.29) is 61.3 Å². The molecule has 12 rings (SSSR count). The molecular formula is C84H93N3O15. The van der Waals surface area contributed by atoms with Crippen molar-refractivity contribution in [2.45, 2.75) is 135 Å². The fraction of sp³-hybridized carbons (Fsp3) is 0.357. The Morgan fingerprint density at radius 1 is 0.373 bits per heavy atom. The van der Waals surface area contributed by atoms with E-state index >= 15 is 0 Å². The third kappa shape index (κ3) is 24.3. The molecule has 3 aromatic heterocycles. The number of carboxylic acid groups (broad SMARTS) is 3. The molecule has 9 aromatic rings. The maximum Gasteiger partial charge on any atom is 0.303 e. The number of hydrogen-bond acceptors (Lipinski definition) is 12. The van der Waals surface area contributed by atoms with Gasteiger partial charge in [0.25, 0.3) is 17.7 Å². The van der Waals surface area contributed by atoms with Crippen LogP contribution >= 0.6 is 0 Å². The van der Waals surface area contributed by atoms with Gasteiger partial charge < -0.3 is 57.5 Å². The normalized spacial score (nSPS) is 14.3. The summed E-state index contributed by atoms with van der Waals surface area (Å²) < 4.78 is 78.5. The Morgan fingerprint density at radius 2 is 0.716 bits per heavy atom. The number of unbranched alkanes of at least 4 members (excludes halogenated alkanes) is 6. The second-order valence-corrected chi connectivity index (χ2v) is 25.7. The predicted molar refractivity (Wildman–Crippen MR) is 389 cm³/mol. The van der Waals surface area contributed by atoms with Crippen LogP contribution in [0.5, 0.6) is 17.2 Å². The second-order valence-electron chi connectivity index (χ2n) is 25.7. The van der Waals surface area contributed by atoms with Crippen molar-refractivity contribution in [3.8, 4) is 51.2 Å². The number of carbonyl (C=O) groups is 6. The Kier molecular flexibility index (Phi) is 25.6. The molecule has 0 saturated heterocycles. The van der Waals surface area contributed by atoms with Crippen LogP contribution in [0.15, 0.2) is 214 Å². The summed E-state index contributed by atoms with van der Waals surface area (Å²) in [5, 5.41) is 26.3. The highest BCUT2D eigenvalue weighted by molar-refractivity contribution is 5.96. The maximum absolute atomic E-state index is 13.6. The Morgan fingerprint density at radius 3 is 1.08 bits per heavy atom. The fourth-order valence-electron chi connectivity index (χ4n) is 11.1. The minimum atomic E-state index is -2.08. The van der Waals surface area contributed by atoms with E-state index in [1.165, 1.54) is 9.80 Å². The SMILES string of the molecule is [2H]C(C1CC1)N(Cc1ccccc1OCCCCCC(=O)O)C(=O)c1ccc(-c2ccco2)cc1.[2H]C([2H])(C1CC1)N(Cc1ccccc1OCCCCCC(=O)O)C(=O)c1ccc(-c2ccco2)cc1.[2H]C([2H])(c1ccccc1OCCCCCC(=O)O)N(CC1CC1)C(=O)c1ccc(-c2ccco2)cc1. The standard InChI is InChI=1S/3C28H31NO5/c3*30-27(31)10-2-1-5-17-33-26-8-4-3-7-24(26)20-29(19-21-11-12-21)28(32)23-15-13-22(14-16-23)25-9-6-18-34-25/h3*3-4,6-9,13-16,18,21H,1-2,5,10-12,17,19-20H2,(H,30,31)/i20D2;19D2;19D. The van der Waals surface area contributed by atoms with Crippen molar-refractivity contribution in [1.82, 2.24) is 14.7 Å². The molecule has 18 nitrogen and oxygen atoms in total. The number of furan rings is 3. The molecule has 0 bridgehead atoms. The van der Waals surface area contributed by atoms with E-state index in [2.05, 4.69) is 0 Å². The molecule has 0 aliphatic heterocycles. The third-order valence-corrected chi connectivity index (χ3v) is 17.3. The lowest BCUT2D eigenvalue weighted by atomic mass is 10.1. The first-order valence-corrected chi connectivity index (χ1v) is 35.3. The van der Waals surface area contributed by atoms with Gasteiger partial charge in [0.05, 0.1) is 41.4 Å². The Bertz CT molecular complexity index is 4210. The summed E-state index contributed by atoms with van der Waals surface area (Å²) in [6.45, 7) is -2.54. The first kappa shape index (κ1) is 67.2. The van der Waals surface area contributed by atoms with Gasteiger partial charge in [-0.25, -0.2) is 0 Å². The van der Waals surface area contributed by atoms with Gasteiger partial charge in [-0.2, -0.15) is 0 Å². The van der Waals surface area contributed by atoms with Crippen LogP contribution in [0.1, 0.15) is 170 Å². The second kappa shape index (κ2) is 38.8. The number of carbonyl (C=O) groups excluding carboxylic acids is 3. The van der Waals surface area contributed by atoms with Crippen molar-refractivity contribution in [1.29, 1.82) is 0 Å². The lowest BCUT2D eigenvalue weighted by molar-refractivity contribution is -0.138. The van der Waals surface area contributed by atoms with Crippen LogP contribution in [-0.2, 0) is 34.0 Å². The van der Waals surface area contributed by atoms with Gasteiger partial charge in [-0.05, 0) is 205 Å². The van der Waals surface area contributed by atoms with Gasteiger partial charge in [-0.1, -0.05) is 91.0 Å². The van der Waals surface area contributed by atoms with Crippen molar-refractivity contribution in [3.63, 3.8) is 0 Å². The van der Waals surface area contributed by atoms with Crippen molar-refractivity contribution in [2.24, 2.45) is 17.8 Å². The smallest absolute Gasteiger partial charge is 0.303 e. The van der Waals surface area contributed by atoms with Gasteiger partial charge in [0.2, 0.25) is 0 Å². The van der Waals surface area contributed by atoms with Crippen LogP contribution in [0.3, 0.4) is 0 Å². The van der Waals surface area contributed by atoms with Gasteiger partial charge in [0.1, 0.15) is 34.5 Å². The molecule has 3 aliphatic carbocycles. The summed E-state index contributed by atoms with van der Waals surface area (Å²) in [6.07, 6.45) is 16.8. The fourth-order valence-corrected chi connectivity index (χ4v) is 11.1. The number of hydrogen-bond donors (Lipinski definition) is 3. The molecule has 3 saturated carbocycles. The quantitative estimate of drug-likeness (QED) is 0.0304. The molecule has 3 fully saturated rings. The molecule has 0 radical (unpaired) electrons. The monoisotopic (exact) mass is 1390 g/mol. The van der Waals surface area contributed by atoms with E-state index < -0.39 is 37.4 Å². The largest absolute Gasteiger partial charge is 0.493 e. The number of para-hydroxylation sites is 3. The van der Waals surface area contributed by atoms with E-state index in [9.17, 15) is 28.8 Å². The molecular weight excluding hydrogens is 1290 g/mol. The summed E-state index contributed by atoms with van der Waals surface area (Å²) in [4.78, 5) is 77.0. The topological polar surface area (TPSA) is 240 Å². The first-order valence-electron chi connectivity index (χ1n) is 37.9. The average molecular weight is 1390 g/mol. The summed E-state index contributed by atoms with van der Waals surface area (Å²) in [7, 11) is 0. The van der Waals surface area contributed by atoms with Crippen LogP contribution in [0.25, 0.3) is 34.0 Å². The van der Waals surface area contributed by atoms with E-state index in [1.807, 2.05) is 84.9 Å². The summed E-state index contributed by atoms with van der Waals surface area (Å²) in [5.41, 5.74) is 5.82. The molecule has 1 unspecified atom stereocenters. The minimum absolute atomic E-state index is 0.0808. The zero-order valence-electron chi connectivity index (χ0n) is 62.4. The molecule has 3 heterocycles. The number of ether oxygens (including phenoxy) is 3. The van der Waals surface area contributed by atoms with Crippen LogP contribution in [0.2, 0.25) is 0 Å². The van der Waals surface area contributed by atoms with E-state index in [0.29, 0.717) is 116 Å². The van der Waals surface area contributed by atoms with E-state index in [1.54, 1.807) is 121 Å². The lowest BCUT2D eigenvalue weighted by Crippen LogP contribution is -2.32. The van der Waals surface area contributed by atoms with Crippen LogP contribution in [0.4, 0.5) is 0 Å².